The fraction of sp³-hybridized carbons (Fsp3) is 0.250. The Bertz CT molecular complexity index is 1390. The molecule has 0 bridgehead atoms. The number of thiocarbonyl (C=S) groups is 1. The molecule has 1 saturated heterocycles. The normalized spacial score (nSPS) is 15.3. The van der Waals surface area contributed by atoms with Crippen molar-refractivity contribution >= 4 is 40.3 Å². The number of alkyl halides is 3. The third-order valence-corrected chi connectivity index (χ3v) is 6.52. The number of carbonyl (C=O) groups is 1. The van der Waals surface area contributed by atoms with Crippen molar-refractivity contribution in [1.29, 1.82) is 5.26 Å². The minimum Gasteiger partial charge on any atom is -0.383 e. The maximum Gasteiger partial charge on any atom is 0.417 e. The molecule has 190 valence electrons. The summed E-state index contributed by atoms with van der Waals surface area (Å²) in [6.45, 7) is 7.48. The summed E-state index contributed by atoms with van der Waals surface area (Å²) in [7, 11) is 0. The minimum atomic E-state index is -4.75. The van der Waals surface area contributed by atoms with Gasteiger partial charge in [0.2, 0.25) is 0 Å². The summed E-state index contributed by atoms with van der Waals surface area (Å²) in [5.74, 6) is -0.465. The lowest BCUT2D eigenvalue weighted by atomic mass is 10.0. The maximum atomic E-state index is 13.5. The Morgan fingerprint density at radius 1 is 0.946 bits per heavy atom. The van der Waals surface area contributed by atoms with Crippen LogP contribution < -0.4 is 15.1 Å². The van der Waals surface area contributed by atoms with Crippen LogP contribution in [0.3, 0.4) is 0 Å². The molecule has 1 amide bonds. The molecule has 1 aliphatic rings. The predicted octanol–water partition coefficient (Wildman–Crippen LogP) is 6.98. The highest BCUT2D eigenvalue weighted by Gasteiger charge is 2.50. The van der Waals surface area contributed by atoms with Crippen molar-refractivity contribution in [2.45, 2.75) is 45.5 Å². The molecule has 0 aromatic heterocycles. The summed E-state index contributed by atoms with van der Waals surface area (Å²) in [6, 6.07) is 20.6. The highest BCUT2D eigenvalue weighted by Crippen LogP contribution is 2.40. The van der Waals surface area contributed by atoms with Gasteiger partial charge in [-0.15, -0.1) is 0 Å². The Hall–Kier alpha value is -3.90. The van der Waals surface area contributed by atoms with Gasteiger partial charge < -0.3 is 10.2 Å². The van der Waals surface area contributed by atoms with E-state index in [-0.39, 0.29) is 10.8 Å². The van der Waals surface area contributed by atoms with Crippen molar-refractivity contribution in [3.63, 3.8) is 0 Å². The van der Waals surface area contributed by atoms with E-state index >= 15 is 0 Å². The fourth-order valence-corrected chi connectivity index (χ4v) is 4.88. The Balaban J connectivity index is 1.65. The standard InChI is InChI=1S/C28H25F3N4OS/c1-17(2)33-21-10-5-18(6-11-21)19-7-12-22(13-8-19)35-26(37)34(25(36)27(35,3)4)23-14-9-20(16-32)24(15-23)28(29,30)31/h5-15,17,33H,1-4H3. The molecule has 0 unspecified atom stereocenters. The molecule has 9 heteroatoms. The van der Waals surface area contributed by atoms with Crippen LogP contribution in [-0.2, 0) is 11.0 Å². The number of hydrogen-bond donors (Lipinski definition) is 1. The summed E-state index contributed by atoms with van der Waals surface area (Å²) in [5.41, 5.74) is 0.823. The molecule has 5 nitrogen and oxygen atoms in total. The zero-order valence-electron chi connectivity index (χ0n) is 20.7. The van der Waals surface area contributed by atoms with Crippen molar-refractivity contribution in [2.75, 3.05) is 15.1 Å². The molecule has 0 aliphatic carbocycles. The van der Waals surface area contributed by atoms with Gasteiger partial charge in [0.1, 0.15) is 5.54 Å². The number of halogens is 3. The molecule has 3 aromatic rings. The highest BCUT2D eigenvalue weighted by molar-refractivity contribution is 7.81. The molecule has 0 spiro atoms. The van der Waals surface area contributed by atoms with E-state index in [9.17, 15) is 18.0 Å². The van der Waals surface area contributed by atoms with E-state index < -0.39 is 28.7 Å². The largest absolute Gasteiger partial charge is 0.417 e. The lowest BCUT2D eigenvalue weighted by Crippen LogP contribution is -2.44. The SMILES string of the molecule is CC(C)Nc1ccc(-c2ccc(N3C(=S)N(c4ccc(C#N)c(C(F)(F)F)c4)C(=O)C3(C)C)cc2)cc1. The third kappa shape index (κ3) is 4.89. The number of amides is 1. The van der Waals surface area contributed by atoms with Crippen LogP contribution in [0.4, 0.5) is 30.2 Å². The van der Waals surface area contributed by atoms with E-state index in [1.807, 2.05) is 48.5 Å². The van der Waals surface area contributed by atoms with Gasteiger partial charge in [0.05, 0.1) is 22.9 Å². The van der Waals surface area contributed by atoms with Crippen molar-refractivity contribution in [3.05, 3.63) is 77.9 Å². The van der Waals surface area contributed by atoms with Gasteiger partial charge in [0.15, 0.2) is 5.11 Å². The number of nitrogens with zero attached hydrogens (tertiary/aromatic N) is 3. The van der Waals surface area contributed by atoms with Crippen LogP contribution in [0.1, 0.15) is 38.8 Å². The van der Waals surface area contributed by atoms with Crippen molar-refractivity contribution < 1.29 is 18.0 Å². The molecule has 37 heavy (non-hydrogen) atoms. The monoisotopic (exact) mass is 522 g/mol. The van der Waals surface area contributed by atoms with Crippen LogP contribution in [-0.4, -0.2) is 22.6 Å². The Morgan fingerprint density at radius 2 is 1.49 bits per heavy atom. The first kappa shape index (κ1) is 26.2. The van der Waals surface area contributed by atoms with Crippen molar-refractivity contribution in [1.82, 2.24) is 0 Å². The molecule has 4 rings (SSSR count). The molecule has 1 heterocycles. The van der Waals surface area contributed by atoms with E-state index in [1.54, 1.807) is 24.8 Å². The van der Waals surface area contributed by atoms with Crippen LogP contribution in [0.5, 0.6) is 0 Å². The summed E-state index contributed by atoms with van der Waals surface area (Å²) in [5, 5.41) is 12.5. The van der Waals surface area contributed by atoms with Crippen LogP contribution in [0.15, 0.2) is 66.7 Å². The van der Waals surface area contributed by atoms with Crippen LogP contribution >= 0.6 is 12.2 Å². The number of hydrogen-bond acceptors (Lipinski definition) is 4. The summed E-state index contributed by atoms with van der Waals surface area (Å²) < 4.78 is 40.6. The second-order valence-electron chi connectivity index (χ2n) is 9.58. The molecule has 0 saturated carbocycles. The molecule has 0 atom stereocenters. The van der Waals surface area contributed by atoms with Gasteiger partial charge in [-0.25, -0.2) is 0 Å². The lowest BCUT2D eigenvalue weighted by molar-refractivity contribution is -0.137. The number of nitrogens with one attached hydrogen (secondary N) is 1. The number of anilines is 3. The van der Waals surface area contributed by atoms with Gasteiger partial charge >= 0.3 is 6.18 Å². The van der Waals surface area contributed by atoms with Gasteiger partial charge in [0.25, 0.3) is 5.91 Å². The Kier molecular flexibility index (Phi) is 6.74. The average Bonchev–Trinajstić information content (AvgIpc) is 3.02. The summed E-state index contributed by atoms with van der Waals surface area (Å²) in [6.07, 6.45) is -4.75. The molecule has 1 fully saturated rings. The fourth-order valence-electron chi connectivity index (χ4n) is 4.35. The zero-order valence-corrected chi connectivity index (χ0v) is 21.5. The van der Waals surface area contributed by atoms with E-state index in [2.05, 4.69) is 19.2 Å². The first-order valence-corrected chi connectivity index (χ1v) is 12.0. The highest BCUT2D eigenvalue weighted by atomic mass is 32.1. The average molecular weight is 523 g/mol. The van der Waals surface area contributed by atoms with Gasteiger partial charge in [-0.1, -0.05) is 24.3 Å². The third-order valence-electron chi connectivity index (χ3n) is 6.15. The number of carbonyl (C=O) groups excluding carboxylic acids is 1. The topological polar surface area (TPSA) is 59.4 Å². The number of nitriles is 1. The lowest BCUT2D eigenvalue weighted by Gasteiger charge is -2.29. The quantitative estimate of drug-likeness (QED) is 0.366. The molecule has 0 radical (unpaired) electrons. The second-order valence-corrected chi connectivity index (χ2v) is 9.95. The van der Waals surface area contributed by atoms with E-state index in [0.29, 0.717) is 11.7 Å². The van der Waals surface area contributed by atoms with Gasteiger partial charge in [-0.2, -0.15) is 18.4 Å². The Labute approximate surface area is 219 Å². The molecular formula is C28H25F3N4OS. The zero-order chi connectivity index (χ0) is 27.1. The summed E-state index contributed by atoms with van der Waals surface area (Å²) >= 11 is 5.60. The second kappa shape index (κ2) is 9.52. The van der Waals surface area contributed by atoms with Gasteiger partial charge in [-0.3, -0.25) is 9.69 Å². The molecule has 1 aliphatic heterocycles. The van der Waals surface area contributed by atoms with E-state index in [1.165, 1.54) is 6.07 Å². The molecular weight excluding hydrogens is 497 g/mol. The van der Waals surface area contributed by atoms with Gasteiger partial charge in [0, 0.05) is 17.4 Å². The van der Waals surface area contributed by atoms with Crippen LogP contribution in [0.25, 0.3) is 11.1 Å². The first-order chi connectivity index (χ1) is 17.3. The predicted molar refractivity (Wildman–Crippen MR) is 143 cm³/mol. The first-order valence-electron chi connectivity index (χ1n) is 11.6. The van der Waals surface area contributed by atoms with Crippen molar-refractivity contribution in [3.8, 4) is 17.2 Å². The van der Waals surface area contributed by atoms with E-state index in [0.717, 1.165) is 33.8 Å². The number of benzene rings is 3. The van der Waals surface area contributed by atoms with Gasteiger partial charge in [-0.05, 0) is 93.5 Å². The van der Waals surface area contributed by atoms with E-state index in [4.69, 9.17) is 17.5 Å². The molecule has 1 N–H and O–H groups in total. The minimum absolute atomic E-state index is 0.0383. The number of rotatable bonds is 5. The maximum absolute atomic E-state index is 13.5. The van der Waals surface area contributed by atoms with Crippen LogP contribution in [0.2, 0.25) is 0 Å². The molecule has 3 aromatic carbocycles. The summed E-state index contributed by atoms with van der Waals surface area (Å²) in [4.78, 5) is 16.1. The van der Waals surface area contributed by atoms with Crippen LogP contribution in [0, 0.1) is 11.3 Å². The van der Waals surface area contributed by atoms with Crippen molar-refractivity contribution in [2.24, 2.45) is 0 Å². The smallest absolute Gasteiger partial charge is 0.383 e. The Morgan fingerprint density at radius 3 is 2.00 bits per heavy atom.